The monoisotopic (exact) mass is 447 g/mol. The molecule has 0 aliphatic heterocycles. The number of thiophene rings is 1. The number of hydrogen-bond acceptors (Lipinski definition) is 7. The number of aromatic nitrogens is 3. The van der Waals surface area contributed by atoms with Crippen molar-refractivity contribution >= 4 is 68.1 Å². The second kappa shape index (κ2) is 8.87. The standard InChI is InChI=1S/C18H14ClN5OS3/c19-11-3-4-13-14(10-11)20-8-6-15(13)27-18-24-23-17(28-18)22-16(25)21-7-5-12-2-1-9-26-12/h1-4,6,8-10H,5,7H2,(H2,21,22,23,25). The van der Waals surface area contributed by atoms with Gasteiger partial charge in [0.05, 0.1) is 5.52 Å². The minimum Gasteiger partial charge on any atom is -0.337 e. The highest BCUT2D eigenvalue weighted by atomic mass is 35.5. The van der Waals surface area contributed by atoms with Gasteiger partial charge in [0.25, 0.3) is 0 Å². The quantitative estimate of drug-likeness (QED) is 0.391. The number of fused-ring (bicyclic) bond motifs is 1. The molecule has 4 aromatic rings. The summed E-state index contributed by atoms with van der Waals surface area (Å²) in [6.45, 7) is 0.568. The lowest BCUT2D eigenvalue weighted by Crippen LogP contribution is -2.30. The second-order valence-corrected chi connectivity index (χ2v) is 9.39. The zero-order valence-electron chi connectivity index (χ0n) is 14.4. The fourth-order valence-corrected chi connectivity index (χ4v) is 5.18. The number of nitrogens with zero attached hydrogens (tertiary/aromatic N) is 3. The van der Waals surface area contributed by atoms with Crippen LogP contribution in [0.25, 0.3) is 10.9 Å². The summed E-state index contributed by atoms with van der Waals surface area (Å²) < 4.78 is 0.733. The summed E-state index contributed by atoms with van der Waals surface area (Å²) in [7, 11) is 0. The van der Waals surface area contributed by atoms with Gasteiger partial charge in [0, 0.05) is 32.9 Å². The predicted molar refractivity (Wildman–Crippen MR) is 116 cm³/mol. The van der Waals surface area contributed by atoms with E-state index in [1.54, 1.807) is 17.5 Å². The molecule has 28 heavy (non-hydrogen) atoms. The molecule has 0 bridgehead atoms. The van der Waals surface area contributed by atoms with Crippen molar-refractivity contribution in [3.05, 3.63) is 57.9 Å². The fraction of sp³-hybridized carbons (Fsp3) is 0.111. The number of benzene rings is 1. The first-order valence-corrected chi connectivity index (χ1v) is 11.2. The topological polar surface area (TPSA) is 79.8 Å². The molecule has 4 rings (SSSR count). The fourth-order valence-electron chi connectivity index (χ4n) is 2.47. The molecule has 0 atom stereocenters. The summed E-state index contributed by atoms with van der Waals surface area (Å²) in [5.41, 5.74) is 0.825. The van der Waals surface area contributed by atoms with E-state index in [2.05, 4.69) is 31.9 Å². The summed E-state index contributed by atoms with van der Waals surface area (Å²) in [5, 5.41) is 17.9. The average molecular weight is 448 g/mol. The first-order chi connectivity index (χ1) is 13.7. The molecular weight excluding hydrogens is 434 g/mol. The van der Waals surface area contributed by atoms with E-state index in [0.29, 0.717) is 16.7 Å². The molecule has 0 aliphatic carbocycles. The summed E-state index contributed by atoms with van der Waals surface area (Å²) in [6.07, 6.45) is 2.55. The van der Waals surface area contributed by atoms with Gasteiger partial charge < -0.3 is 5.32 Å². The number of rotatable bonds is 6. The van der Waals surface area contributed by atoms with E-state index in [1.807, 2.05) is 35.7 Å². The number of halogens is 1. The summed E-state index contributed by atoms with van der Waals surface area (Å²) >= 11 is 10.5. The van der Waals surface area contributed by atoms with Crippen LogP contribution in [0.5, 0.6) is 0 Å². The maximum absolute atomic E-state index is 12.0. The molecule has 10 heteroatoms. The Hall–Kier alpha value is -2.20. The van der Waals surface area contributed by atoms with E-state index in [1.165, 1.54) is 28.0 Å². The third-order valence-corrected chi connectivity index (χ3v) is 6.86. The molecular formula is C18H14ClN5OS3. The molecule has 0 spiro atoms. The van der Waals surface area contributed by atoms with Gasteiger partial charge in [-0.15, -0.1) is 21.5 Å². The molecule has 0 fully saturated rings. The number of carbonyl (C=O) groups excluding carboxylic acids is 1. The molecule has 3 aromatic heterocycles. The van der Waals surface area contributed by atoms with Crippen molar-refractivity contribution in [1.82, 2.24) is 20.5 Å². The smallest absolute Gasteiger partial charge is 0.321 e. The number of pyridine rings is 1. The Morgan fingerprint density at radius 3 is 3.00 bits per heavy atom. The van der Waals surface area contributed by atoms with E-state index >= 15 is 0 Å². The van der Waals surface area contributed by atoms with Crippen molar-refractivity contribution in [2.24, 2.45) is 0 Å². The van der Waals surface area contributed by atoms with Crippen LogP contribution >= 0.6 is 46.0 Å². The maximum atomic E-state index is 12.0. The number of nitrogens with one attached hydrogen (secondary N) is 2. The largest absolute Gasteiger partial charge is 0.337 e. The van der Waals surface area contributed by atoms with E-state index in [9.17, 15) is 4.79 Å². The van der Waals surface area contributed by atoms with Gasteiger partial charge in [0.15, 0.2) is 4.34 Å². The lowest BCUT2D eigenvalue weighted by atomic mass is 10.2. The maximum Gasteiger partial charge on any atom is 0.321 e. The number of urea groups is 1. The molecule has 142 valence electrons. The Morgan fingerprint density at radius 2 is 2.14 bits per heavy atom. The Bertz CT molecular complexity index is 1100. The van der Waals surface area contributed by atoms with Crippen LogP contribution < -0.4 is 10.6 Å². The molecule has 0 unspecified atom stereocenters. The Balaban J connectivity index is 1.36. The summed E-state index contributed by atoms with van der Waals surface area (Å²) in [4.78, 5) is 18.6. The van der Waals surface area contributed by atoms with Gasteiger partial charge in [-0.05, 0) is 36.1 Å². The second-order valence-electron chi connectivity index (χ2n) is 5.66. The molecule has 2 N–H and O–H groups in total. The van der Waals surface area contributed by atoms with E-state index in [0.717, 1.165) is 26.6 Å². The van der Waals surface area contributed by atoms with Gasteiger partial charge in [0.2, 0.25) is 5.13 Å². The van der Waals surface area contributed by atoms with Crippen LogP contribution in [0.4, 0.5) is 9.93 Å². The van der Waals surface area contributed by atoms with Crippen LogP contribution in [-0.4, -0.2) is 27.8 Å². The zero-order valence-corrected chi connectivity index (χ0v) is 17.6. The molecule has 0 radical (unpaired) electrons. The molecule has 3 heterocycles. The van der Waals surface area contributed by atoms with Gasteiger partial charge in [0.1, 0.15) is 0 Å². The highest BCUT2D eigenvalue weighted by Gasteiger charge is 2.11. The van der Waals surface area contributed by atoms with Gasteiger partial charge in [-0.2, -0.15) is 0 Å². The van der Waals surface area contributed by atoms with Crippen molar-refractivity contribution < 1.29 is 4.79 Å². The Morgan fingerprint density at radius 1 is 1.21 bits per heavy atom. The highest BCUT2D eigenvalue weighted by Crippen LogP contribution is 2.36. The van der Waals surface area contributed by atoms with Crippen molar-refractivity contribution in [3.8, 4) is 0 Å². The van der Waals surface area contributed by atoms with Crippen molar-refractivity contribution in [2.45, 2.75) is 15.7 Å². The lowest BCUT2D eigenvalue weighted by molar-refractivity contribution is 0.252. The first-order valence-electron chi connectivity index (χ1n) is 8.30. The van der Waals surface area contributed by atoms with Crippen LogP contribution in [-0.2, 0) is 6.42 Å². The number of amides is 2. The molecule has 6 nitrogen and oxygen atoms in total. The number of hydrogen-bond donors (Lipinski definition) is 2. The van der Waals surface area contributed by atoms with Crippen molar-refractivity contribution in [2.75, 3.05) is 11.9 Å². The molecule has 0 saturated heterocycles. The average Bonchev–Trinajstić information content (AvgIpc) is 3.34. The van der Waals surface area contributed by atoms with E-state index in [4.69, 9.17) is 11.6 Å². The summed E-state index contributed by atoms with van der Waals surface area (Å²) in [6, 6.07) is 11.3. The third-order valence-electron chi connectivity index (χ3n) is 3.73. The van der Waals surface area contributed by atoms with Crippen molar-refractivity contribution in [1.29, 1.82) is 0 Å². The molecule has 2 amide bonds. The predicted octanol–water partition coefficient (Wildman–Crippen LogP) is 5.32. The van der Waals surface area contributed by atoms with Crippen LogP contribution in [0.2, 0.25) is 5.02 Å². The van der Waals surface area contributed by atoms with Crippen LogP contribution in [0.1, 0.15) is 4.88 Å². The van der Waals surface area contributed by atoms with Crippen molar-refractivity contribution in [3.63, 3.8) is 0 Å². The number of anilines is 1. The van der Waals surface area contributed by atoms with Crippen LogP contribution in [0.3, 0.4) is 0 Å². The third kappa shape index (κ3) is 4.79. The Kier molecular flexibility index (Phi) is 6.06. The lowest BCUT2D eigenvalue weighted by Gasteiger charge is -2.04. The van der Waals surface area contributed by atoms with Crippen LogP contribution in [0, 0.1) is 0 Å². The van der Waals surface area contributed by atoms with Gasteiger partial charge >= 0.3 is 6.03 Å². The van der Waals surface area contributed by atoms with E-state index < -0.39 is 0 Å². The first kappa shape index (κ1) is 19.1. The van der Waals surface area contributed by atoms with Gasteiger partial charge in [-0.3, -0.25) is 10.3 Å². The van der Waals surface area contributed by atoms with Gasteiger partial charge in [-0.25, -0.2) is 4.79 Å². The van der Waals surface area contributed by atoms with Gasteiger partial charge in [-0.1, -0.05) is 46.8 Å². The normalized spacial score (nSPS) is 10.9. The summed E-state index contributed by atoms with van der Waals surface area (Å²) in [5.74, 6) is 0. The minimum absolute atomic E-state index is 0.284. The molecule has 0 aliphatic rings. The SMILES string of the molecule is O=C(NCCc1cccs1)Nc1nnc(Sc2ccnc3cc(Cl)ccc23)s1. The van der Waals surface area contributed by atoms with E-state index in [-0.39, 0.29) is 6.03 Å². The van der Waals surface area contributed by atoms with Crippen LogP contribution in [0.15, 0.2) is 57.2 Å². The Labute approximate surface area is 178 Å². The zero-order chi connectivity index (χ0) is 19.3. The molecule has 0 saturated carbocycles. The molecule has 1 aromatic carbocycles. The number of carbonyl (C=O) groups is 1. The highest BCUT2D eigenvalue weighted by molar-refractivity contribution is 8.01. The minimum atomic E-state index is -0.284.